The van der Waals surface area contributed by atoms with Crippen molar-refractivity contribution in [1.29, 1.82) is 0 Å². The van der Waals surface area contributed by atoms with Crippen molar-refractivity contribution >= 4 is 34.1 Å². The summed E-state index contributed by atoms with van der Waals surface area (Å²) >= 11 is 0. The van der Waals surface area contributed by atoms with E-state index in [1.165, 1.54) is 4.90 Å². The maximum absolute atomic E-state index is 12.8. The van der Waals surface area contributed by atoms with Gasteiger partial charge < -0.3 is 4.90 Å². The number of hydrogen-bond acceptors (Lipinski definition) is 2. The van der Waals surface area contributed by atoms with Crippen molar-refractivity contribution in [1.82, 2.24) is 4.90 Å². The lowest BCUT2D eigenvalue weighted by Gasteiger charge is -2.18. The molecular formula is C18H15N3O2. The summed E-state index contributed by atoms with van der Waals surface area (Å²) in [7, 11) is 0. The number of amides is 3. The minimum atomic E-state index is -0.346. The summed E-state index contributed by atoms with van der Waals surface area (Å²) in [5.41, 5.74) is 1.10. The molecule has 2 aromatic carbocycles. The molecule has 2 heterocycles. The molecule has 0 unspecified atom stereocenters. The van der Waals surface area contributed by atoms with Gasteiger partial charge in [-0.3, -0.25) is 4.79 Å². The summed E-state index contributed by atoms with van der Waals surface area (Å²) in [6.07, 6.45) is 0.868. The van der Waals surface area contributed by atoms with E-state index in [-0.39, 0.29) is 23.9 Å². The smallest absolute Gasteiger partial charge is 0.312 e. The predicted molar refractivity (Wildman–Crippen MR) is 87.4 cm³/mol. The number of carbonyl (C=O) groups excluding carboxylic acids is 2. The molecule has 2 fully saturated rings. The van der Waals surface area contributed by atoms with E-state index >= 15 is 0 Å². The number of urea groups is 1. The Kier molecular flexibility index (Phi) is 2.88. The maximum Gasteiger partial charge on any atom is 0.332 e. The van der Waals surface area contributed by atoms with Crippen LogP contribution in [-0.4, -0.2) is 29.4 Å². The fourth-order valence-electron chi connectivity index (χ4n) is 3.67. The molecule has 0 spiro atoms. The topological polar surface area (TPSA) is 45.0 Å². The Hall–Kier alpha value is -2.87. The summed E-state index contributed by atoms with van der Waals surface area (Å²) in [6.45, 7) is 9.93. The van der Waals surface area contributed by atoms with Crippen molar-refractivity contribution < 1.29 is 9.59 Å². The van der Waals surface area contributed by atoms with Crippen LogP contribution in [0.5, 0.6) is 0 Å². The number of rotatable bonds is 1. The standard InChI is InChI=1S/C18H15N3O2/c1-11-9-10-20-16(11)17(22)21(18(20)23)15-8-7-14(19-2)12-5-3-4-6-13(12)15/h3-8,11,16H,9-10H2,1H3/t11-,16+/m1/s1. The van der Waals surface area contributed by atoms with Gasteiger partial charge >= 0.3 is 6.03 Å². The molecule has 114 valence electrons. The van der Waals surface area contributed by atoms with Crippen LogP contribution in [0, 0.1) is 12.5 Å². The Balaban J connectivity index is 1.89. The molecule has 2 aromatic rings. The zero-order valence-corrected chi connectivity index (χ0v) is 12.7. The predicted octanol–water partition coefficient (Wildman–Crippen LogP) is 3.57. The first kappa shape index (κ1) is 13.8. The quantitative estimate of drug-likeness (QED) is 0.597. The van der Waals surface area contributed by atoms with E-state index < -0.39 is 0 Å². The number of hydrogen-bond donors (Lipinski definition) is 0. The van der Waals surface area contributed by atoms with Crippen LogP contribution in [0.4, 0.5) is 16.2 Å². The molecule has 2 aliphatic rings. The van der Waals surface area contributed by atoms with E-state index in [1.54, 1.807) is 17.0 Å². The molecule has 0 aromatic heterocycles. The van der Waals surface area contributed by atoms with Crippen LogP contribution < -0.4 is 4.90 Å². The van der Waals surface area contributed by atoms with Gasteiger partial charge in [-0.15, -0.1) is 0 Å². The first-order valence-corrected chi connectivity index (χ1v) is 7.67. The summed E-state index contributed by atoms with van der Waals surface area (Å²) in [4.78, 5) is 32.0. The highest BCUT2D eigenvalue weighted by molar-refractivity contribution is 6.25. The number of benzene rings is 2. The second-order valence-corrected chi connectivity index (χ2v) is 6.12. The van der Waals surface area contributed by atoms with Gasteiger partial charge in [0.2, 0.25) is 0 Å². The van der Waals surface area contributed by atoms with E-state index in [0.29, 0.717) is 17.9 Å². The van der Waals surface area contributed by atoms with E-state index in [4.69, 9.17) is 6.57 Å². The molecule has 5 nitrogen and oxygen atoms in total. The zero-order valence-electron chi connectivity index (χ0n) is 12.7. The maximum atomic E-state index is 12.8. The minimum absolute atomic E-state index is 0.152. The molecule has 4 rings (SSSR count). The minimum Gasteiger partial charge on any atom is -0.312 e. The number of anilines is 1. The van der Waals surface area contributed by atoms with Gasteiger partial charge in [0.25, 0.3) is 5.91 Å². The molecule has 0 saturated carbocycles. The van der Waals surface area contributed by atoms with Crippen LogP contribution in [0.2, 0.25) is 0 Å². The Morgan fingerprint density at radius 2 is 1.87 bits per heavy atom. The summed E-state index contributed by atoms with van der Waals surface area (Å²) in [6, 6.07) is 10.2. The molecule has 23 heavy (non-hydrogen) atoms. The number of imide groups is 1. The molecule has 5 heteroatoms. The number of fused-ring (bicyclic) bond motifs is 2. The van der Waals surface area contributed by atoms with E-state index in [1.807, 2.05) is 31.2 Å². The summed E-state index contributed by atoms with van der Waals surface area (Å²) in [5, 5.41) is 1.53. The highest BCUT2D eigenvalue weighted by atomic mass is 16.2. The second-order valence-electron chi connectivity index (χ2n) is 6.12. The molecule has 2 saturated heterocycles. The second kappa shape index (κ2) is 4.82. The van der Waals surface area contributed by atoms with E-state index in [9.17, 15) is 9.59 Å². The Labute approximate surface area is 133 Å². The SMILES string of the molecule is [C-]#[N+]c1ccc(N2C(=O)[C@@H]3[C@H](C)CCN3C2=O)c2ccccc12. The monoisotopic (exact) mass is 305 g/mol. The van der Waals surface area contributed by atoms with Crippen molar-refractivity contribution in [3.63, 3.8) is 0 Å². The largest absolute Gasteiger partial charge is 0.332 e. The van der Waals surface area contributed by atoms with Gasteiger partial charge in [-0.05, 0) is 29.2 Å². The Morgan fingerprint density at radius 1 is 1.13 bits per heavy atom. The molecule has 0 bridgehead atoms. The van der Waals surface area contributed by atoms with Crippen molar-refractivity contribution in [2.24, 2.45) is 5.92 Å². The normalized spacial score (nSPS) is 23.5. The average molecular weight is 305 g/mol. The molecule has 2 aliphatic heterocycles. The molecule has 0 N–H and O–H groups in total. The van der Waals surface area contributed by atoms with Crippen molar-refractivity contribution in [2.75, 3.05) is 11.4 Å². The lowest BCUT2D eigenvalue weighted by Crippen LogP contribution is -2.33. The fraction of sp³-hybridized carbons (Fsp3) is 0.278. The third kappa shape index (κ3) is 1.78. The highest BCUT2D eigenvalue weighted by Gasteiger charge is 2.51. The van der Waals surface area contributed by atoms with Gasteiger partial charge in [-0.2, -0.15) is 0 Å². The van der Waals surface area contributed by atoms with Crippen LogP contribution in [-0.2, 0) is 4.79 Å². The summed E-state index contributed by atoms with van der Waals surface area (Å²) in [5.74, 6) is 0.0333. The fourth-order valence-corrected chi connectivity index (χ4v) is 3.67. The molecule has 2 atom stereocenters. The van der Waals surface area contributed by atoms with Gasteiger partial charge in [-0.25, -0.2) is 14.5 Å². The van der Waals surface area contributed by atoms with Crippen LogP contribution in [0.3, 0.4) is 0 Å². The Morgan fingerprint density at radius 3 is 2.57 bits per heavy atom. The molecule has 3 amide bonds. The summed E-state index contributed by atoms with van der Waals surface area (Å²) < 4.78 is 0. The van der Waals surface area contributed by atoms with Gasteiger partial charge in [0, 0.05) is 6.54 Å². The van der Waals surface area contributed by atoms with Crippen LogP contribution in [0.15, 0.2) is 36.4 Å². The lowest BCUT2D eigenvalue weighted by atomic mass is 10.0. The van der Waals surface area contributed by atoms with Crippen molar-refractivity contribution in [3.8, 4) is 0 Å². The van der Waals surface area contributed by atoms with Gasteiger partial charge in [0.1, 0.15) is 6.04 Å². The van der Waals surface area contributed by atoms with Crippen LogP contribution in [0.1, 0.15) is 13.3 Å². The van der Waals surface area contributed by atoms with Gasteiger partial charge in [-0.1, -0.05) is 37.3 Å². The number of nitrogens with zero attached hydrogens (tertiary/aromatic N) is 3. The third-order valence-electron chi connectivity index (χ3n) is 4.85. The molecular weight excluding hydrogens is 290 g/mol. The van der Waals surface area contributed by atoms with Gasteiger partial charge in [0.05, 0.1) is 12.3 Å². The molecule has 0 aliphatic carbocycles. The lowest BCUT2D eigenvalue weighted by molar-refractivity contribution is -0.120. The first-order chi connectivity index (χ1) is 11.1. The van der Waals surface area contributed by atoms with Crippen molar-refractivity contribution in [3.05, 3.63) is 47.8 Å². The third-order valence-corrected chi connectivity index (χ3v) is 4.85. The van der Waals surface area contributed by atoms with E-state index in [2.05, 4.69) is 4.85 Å². The average Bonchev–Trinajstić information content (AvgIpc) is 3.07. The van der Waals surface area contributed by atoms with E-state index in [0.717, 1.165) is 17.2 Å². The first-order valence-electron chi connectivity index (χ1n) is 7.67. The van der Waals surface area contributed by atoms with Crippen LogP contribution >= 0.6 is 0 Å². The van der Waals surface area contributed by atoms with Crippen molar-refractivity contribution in [2.45, 2.75) is 19.4 Å². The molecule has 0 radical (unpaired) electrons. The van der Waals surface area contributed by atoms with Crippen LogP contribution in [0.25, 0.3) is 15.6 Å². The highest BCUT2D eigenvalue weighted by Crippen LogP contribution is 2.39. The Bertz CT molecular complexity index is 883. The van der Waals surface area contributed by atoms with Gasteiger partial charge in [0.15, 0.2) is 5.69 Å². The zero-order chi connectivity index (χ0) is 16.1. The number of carbonyl (C=O) groups is 2.